The van der Waals surface area contributed by atoms with Gasteiger partial charge < -0.3 is 10.3 Å². The molecular formula is C22H22FN3O2S3. The molecule has 31 heavy (non-hydrogen) atoms. The largest absolute Gasteiger partial charge is 0.349 e. The van der Waals surface area contributed by atoms with Crippen molar-refractivity contribution in [2.45, 2.75) is 48.8 Å². The molecule has 162 valence electrons. The number of benzene rings is 1. The van der Waals surface area contributed by atoms with E-state index in [1.165, 1.54) is 40.8 Å². The lowest BCUT2D eigenvalue weighted by atomic mass is 9.97. The Labute approximate surface area is 191 Å². The summed E-state index contributed by atoms with van der Waals surface area (Å²) < 4.78 is 13.7. The molecule has 5 nitrogen and oxygen atoms in total. The lowest BCUT2D eigenvalue weighted by Gasteiger charge is -2.26. The van der Waals surface area contributed by atoms with Crippen LogP contribution in [0.2, 0.25) is 0 Å². The summed E-state index contributed by atoms with van der Waals surface area (Å²) in [6, 6.07) is 4.60. The van der Waals surface area contributed by atoms with E-state index in [0.717, 1.165) is 52.1 Å². The average molecular weight is 476 g/mol. The number of aromatic nitrogens is 2. The van der Waals surface area contributed by atoms with Crippen molar-refractivity contribution in [3.63, 3.8) is 0 Å². The van der Waals surface area contributed by atoms with Gasteiger partial charge in [0.2, 0.25) is 5.91 Å². The van der Waals surface area contributed by atoms with Crippen molar-refractivity contribution in [1.29, 1.82) is 0 Å². The van der Waals surface area contributed by atoms with E-state index in [1.807, 2.05) is 0 Å². The normalized spacial score (nSPS) is 17.9. The highest BCUT2D eigenvalue weighted by Gasteiger charge is 2.23. The molecule has 2 N–H and O–H groups in total. The standard InChI is InChI=1S/C22H22FN3O2S3/c23-12-5-6-16-14(9-12)15(7-8-30-16)24-19(27)11-29-10-18-25-21(28)20-13-3-1-2-4-17(13)31-22(20)26-18/h5-6,9,15H,1-4,7-8,10-11H2,(H,24,27)(H,25,26,28). The second-order valence-electron chi connectivity index (χ2n) is 7.84. The molecule has 1 unspecified atom stereocenters. The van der Waals surface area contributed by atoms with Gasteiger partial charge >= 0.3 is 0 Å². The summed E-state index contributed by atoms with van der Waals surface area (Å²) in [5, 5.41) is 3.79. The Hall–Kier alpha value is -1.84. The zero-order valence-electron chi connectivity index (χ0n) is 16.8. The smallest absolute Gasteiger partial charge is 0.259 e. The van der Waals surface area contributed by atoms with Gasteiger partial charge in [0.05, 0.1) is 22.9 Å². The van der Waals surface area contributed by atoms with E-state index < -0.39 is 0 Å². The van der Waals surface area contributed by atoms with Crippen LogP contribution < -0.4 is 10.9 Å². The van der Waals surface area contributed by atoms with Gasteiger partial charge in [-0.15, -0.1) is 34.9 Å². The van der Waals surface area contributed by atoms with E-state index in [9.17, 15) is 14.0 Å². The molecule has 3 aromatic rings. The van der Waals surface area contributed by atoms with Crippen LogP contribution in [0, 0.1) is 5.82 Å². The van der Waals surface area contributed by atoms with Crippen LogP contribution >= 0.6 is 34.9 Å². The van der Waals surface area contributed by atoms with Gasteiger partial charge in [-0.25, -0.2) is 9.37 Å². The fraction of sp³-hybridized carbons (Fsp3) is 0.409. The zero-order chi connectivity index (χ0) is 21.4. The van der Waals surface area contributed by atoms with Gasteiger partial charge in [-0.2, -0.15) is 0 Å². The number of aryl methyl sites for hydroxylation is 2. The van der Waals surface area contributed by atoms with Crippen molar-refractivity contribution in [2.75, 3.05) is 11.5 Å². The maximum atomic E-state index is 13.7. The summed E-state index contributed by atoms with van der Waals surface area (Å²) in [6.07, 6.45) is 5.08. The minimum atomic E-state index is -0.282. The number of hydrogen-bond donors (Lipinski definition) is 2. The number of hydrogen-bond acceptors (Lipinski definition) is 6. The van der Waals surface area contributed by atoms with Crippen molar-refractivity contribution in [3.8, 4) is 0 Å². The van der Waals surface area contributed by atoms with Crippen LogP contribution in [0.25, 0.3) is 10.2 Å². The summed E-state index contributed by atoms with van der Waals surface area (Å²) in [4.78, 5) is 35.8. The molecule has 2 aliphatic rings. The molecule has 0 saturated heterocycles. The van der Waals surface area contributed by atoms with Gasteiger partial charge in [0.1, 0.15) is 16.5 Å². The fourth-order valence-electron chi connectivity index (χ4n) is 4.27. The van der Waals surface area contributed by atoms with Crippen molar-refractivity contribution in [1.82, 2.24) is 15.3 Å². The maximum Gasteiger partial charge on any atom is 0.259 e. The third-order valence-electron chi connectivity index (χ3n) is 5.69. The maximum absolute atomic E-state index is 13.7. The molecule has 0 fully saturated rings. The van der Waals surface area contributed by atoms with Gasteiger partial charge in [-0.3, -0.25) is 9.59 Å². The van der Waals surface area contributed by atoms with Crippen molar-refractivity contribution < 1.29 is 9.18 Å². The van der Waals surface area contributed by atoms with Crippen LogP contribution in [0.4, 0.5) is 4.39 Å². The number of aromatic amines is 1. The topological polar surface area (TPSA) is 74.8 Å². The second-order valence-corrected chi connectivity index (χ2v) is 11.0. The van der Waals surface area contributed by atoms with Gasteiger partial charge in [0.25, 0.3) is 5.56 Å². The Morgan fingerprint density at radius 3 is 3.10 bits per heavy atom. The summed E-state index contributed by atoms with van der Waals surface area (Å²) in [6.45, 7) is 0. The van der Waals surface area contributed by atoms with Gasteiger partial charge in [-0.05, 0) is 61.4 Å². The van der Waals surface area contributed by atoms with Crippen LogP contribution in [-0.2, 0) is 23.4 Å². The molecule has 1 aromatic carbocycles. The third kappa shape index (κ3) is 4.40. The third-order valence-corrected chi connectivity index (χ3v) is 8.94. The number of H-pyrrole nitrogens is 1. The predicted molar refractivity (Wildman–Crippen MR) is 126 cm³/mol. The summed E-state index contributed by atoms with van der Waals surface area (Å²) >= 11 is 4.74. The van der Waals surface area contributed by atoms with Crippen LogP contribution in [-0.4, -0.2) is 27.4 Å². The minimum absolute atomic E-state index is 0.0669. The first kappa shape index (κ1) is 21.0. The van der Waals surface area contributed by atoms with E-state index in [1.54, 1.807) is 29.2 Å². The number of fused-ring (bicyclic) bond motifs is 4. The molecule has 0 bridgehead atoms. The molecule has 5 rings (SSSR count). The highest BCUT2D eigenvalue weighted by Crippen LogP contribution is 2.36. The molecule has 3 heterocycles. The van der Waals surface area contributed by atoms with E-state index >= 15 is 0 Å². The van der Waals surface area contributed by atoms with Gasteiger partial charge in [-0.1, -0.05) is 0 Å². The van der Waals surface area contributed by atoms with Crippen molar-refractivity contribution >= 4 is 51.0 Å². The number of thioether (sulfide) groups is 2. The predicted octanol–water partition coefficient (Wildman–Crippen LogP) is 4.59. The summed E-state index contributed by atoms with van der Waals surface area (Å²) in [5.74, 6) is 1.86. The van der Waals surface area contributed by atoms with Crippen LogP contribution in [0.15, 0.2) is 27.9 Å². The minimum Gasteiger partial charge on any atom is -0.349 e. The molecule has 0 spiro atoms. The van der Waals surface area contributed by atoms with E-state index in [2.05, 4.69) is 15.3 Å². The van der Waals surface area contributed by atoms with Gasteiger partial charge in [0, 0.05) is 15.5 Å². The lowest BCUT2D eigenvalue weighted by molar-refractivity contribution is -0.119. The first-order valence-electron chi connectivity index (χ1n) is 10.4. The van der Waals surface area contributed by atoms with Crippen LogP contribution in [0.5, 0.6) is 0 Å². The number of carbonyl (C=O) groups is 1. The Balaban J connectivity index is 1.22. The fourth-order valence-corrected chi connectivity index (χ4v) is 7.36. The van der Waals surface area contributed by atoms with E-state index in [4.69, 9.17) is 0 Å². The van der Waals surface area contributed by atoms with Crippen molar-refractivity contribution in [3.05, 3.63) is 56.2 Å². The lowest BCUT2D eigenvalue weighted by Crippen LogP contribution is -2.32. The number of halogens is 1. The molecular weight excluding hydrogens is 453 g/mol. The van der Waals surface area contributed by atoms with E-state index in [-0.39, 0.29) is 29.1 Å². The highest BCUT2D eigenvalue weighted by molar-refractivity contribution is 7.99. The first-order chi connectivity index (χ1) is 15.1. The number of rotatable bonds is 5. The Morgan fingerprint density at radius 2 is 2.19 bits per heavy atom. The van der Waals surface area contributed by atoms with Gasteiger partial charge in [0.15, 0.2) is 0 Å². The van der Waals surface area contributed by atoms with Crippen LogP contribution in [0.3, 0.4) is 0 Å². The van der Waals surface area contributed by atoms with Crippen molar-refractivity contribution in [2.24, 2.45) is 0 Å². The first-order valence-corrected chi connectivity index (χ1v) is 13.4. The number of nitrogens with zero attached hydrogens (tertiary/aromatic N) is 1. The molecule has 1 atom stereocenters. The molecule has 9 heteroatoms. The summed E-state index contributed by atoms with van der Waals surface area (Å²) in [7, 11) is 0. The quantitative estimate of drug-likeness (QED) is 0.565. The highest BCUT2D eigenvalue weighted by atomic mass is 32.2. The second kappa shape index (κ2) is 8.96. The molecule has 2 aromatic heterocycles. The molecule has 1 aliphatic heterocycles. The molecule has 1 amide bonds. The molecule has 0 saturated carbocycles. The molecule has 0 radical (unpaired) electrons. The number of amides is 1. The zero-order valence-corrected chi connectivity index (χ0v) is 19.3. The Kier molecular flexibility index (Phi) is 6.08. The monoisotopic (exact) mass is 475 g/mol. The number of carbonyl (C=O) groups excluding carboxylic acids is 1. The van der Waals surface area contributed by atoms with Crippen LogP contribution in [0.1, 0.15) is 47.1 Å². The summed E-state index contributed by atoms with van der Waals surface area (Å²) in [5.41, 5.74) is 1.97. The number of nitrogens with one attached hydrogen (secondary N) is 2. The SMILES string of the molecule is O=C(CSCc1nc2sc3c(c2c(=O)[nH]1)CCCC3)NC1CCSc2ccc(F)cc21. The Bertz CT molecular complexity index is 1210. The average Bonchev–Trinajstić information content (AvgIpc) is 3.13. The molecule has 1 aliphatic carbocycles. The number of thiophene rings is 1. The van der Waals surface area contributed by atoms with E-state index in [0.29, 0.717) is 11.6 Å². The Morgan fingerprint density at radius 1 is 1.32 bits per heavy atom.